The summed E-state index contributed by atoms with van der Waals surface area (Å²) >= 11 is 5.80. The Morgan fingerprint density at radius 2 is 1.89 bits per heavy atom. The summed E-state index contributed by atoms with van der Waals surface area (Å²) in [5.41, 5.74) is 2.07. The lowest BCUT2D eigenvalue weighted by Gasteiger charge is -2.01. The molecule has 0 aliphatic heterocycles. The zero-order valence-electron chi connectivity index (χ0n) is 9.47. The van der Waals surface area contributed by atoms with E-state index in [2.05, 4.69) is 6.07 Å². The van der Waals surface area contributed by atoms with Gasteiger partial charge in [-0.1, -0.05) is 35.9 Å². The van der Waals surface area contributed by atoms with Crippen molar-refractivity contribution >= 4 is 23.3 Å². The Morgan fingerprint density at radius 1 is 1.17 bits per heavy atom. The largest absolute Gasteiger partial charge is 0.508 e. The minimum atomic E-state index is 0.143. The summed E-state index contributed by atoms with van der Waals surface area (Å²) in [5.74, 6) is 0.143. The molecule has 0 unspecified atom stereocenters. The number of phenolic OH excluding ortho intramolecular Hbond substituents is 1. The van der Waals surface area contributed by atoms with Crippen molar-refractivity contribution in [3.8, 4) is 11.8 Å². The Bertz CT molecular complexity index is 624. The molecule has 2 rings (SSSR count). The van der Waals surface area contributed by atoms with E-state index in [1.807, 2.05) is 12.1 Å². The maximum Gasteiger partial charge on any atom is 0.116 e. The fourth-order valence-electron chi connectivity index (χ4n) is 1.58. The van der Waals surface area contributed by atoms with Crippen LogP contribution in [-0.2, 0) is 0 Å². The van der Waals surface area contributed by atoms with Crippen LogP contribution < -0.4 is 0 Å². The second-order valence-corrected chi connectivity index (χ2v) is 4.21. The van der Waals surface area contributed by atoms with Crippen molar-refractivity contribution in [2.45, 2.75) is 0 Å². The zero-order valence-corrected chi connectivity index (χ0v) is 10.2. The minimum Gasteiger partial charge on any atom is -0.508 e. The molecule has 0 radical (unpaired) electrons. The molecule has 0 aromatic heterocycles. The van der Waals surface area contributed by atoms with E-state index in [9.17, 15) is 5.11 Å². The van der Waals surface area contributed by atoms with Gasteiger partial charge in [-0.3, -0.25) is 0 Å². The van der Waals surface area contributed by atoms with E-state index in [0.29, 0.717) is 16.2 Å². The van der Waals surface area contributed by atoms with Gasteiger partial charge in [0.05, 0.1) is 11.6 Å². The monoisotopic (exact) mass is 255 g/mol. The highest BCUT2D eigenvalue weighted by molar-refractivity contribution is 6.30. The number of nitrogens with zero attached hydrogens (tertiary/aromatic N) is 1. The number of halogens is 1. The van der Waals surface area contributed by atoms with Gasteiger partial charge in [-0.2, -0.15) is 5.26 Å². The van der Waals surface area contributed by atoms with E-state index in [0.717, 1.165) is 5.56 Å². The van der Waals surface area contributed by atoms with Gasteiger partial charge in [0.15, 0.2) is 0 Å². The molecule has 0 aliphatic rings. The number of hydrogen-bond acceptors (Lipinski definition) is 2. The number of allylic oxidation sites excluding steroid dienone is 1. The van der Waals surface area contributed by atoms with Crippen LogP contribution in [0, 0.1) is 11.3 Å². The first-order valence-corrected chi connectivity index (χ1v) is 5.73. The Hall–Kier alpha value is -2.24. The third-order valence-corrected chi connectivity index (χ3v) is 2.71. The molecular weight excluding hydrogens is 246 g/mol. The number of nitriles is 1. The summed E-state index contributed by atoms with van der Waals surface area (Å²) in [7, 11) is 0. The molecule has 0 bridgehead atoms. The summed E-state index contributed by atoms with van der Waals surface area (Å²) in [5, 5.41) is 19.2. The van der Waals surface area contributed by atoms with E-state index in [-0.39, 0.29) is 5.75 Å². The summed E-state index contributed by atoms with van der Waals surface area (Å²) in [4.78, 5) is 0. The molecule has 18 heavy (non-hydrogen) atoms. The second-order valence-electron chi connectivity index (χ2n) is 3.77. The van der Waals surface area contributed by atoms with Crippen LogP contribution in [0.25, 0.3) is 11.6 Å². The SMILES string of the molecule is N#C/C(=C\c1ccc(Cl)cc1)c1cccc(O)c1. The number of phenols is 1. The highest BCUT2D eigenvalue weighted by Crippen LogP contribution is 2.21. The molecule has 0 saturated carbocycles. The van der Waals surface area contributed by atoms with Crippen molar-refractivity contribution < 1.29 is 5.11 Å². The van der Waals surface area contributed by atoms with Crippen LogP contribution >= 0.6 is 11.6 Å². The van der Waals surface area contributed by atoms with E-state index >= 15 is 0 Å². The highest BCUT2D eigenvalue weighted by atomic mass is 35.5. The van der Waals surface area contributed by atoms with Crippen LogP contribution in [0.3, 0.4) is 0 Å². The zero-order chi connectivity index (χ0) is 13.0. The van der Waals surface area contributed by atoms with Crippen LogP contribution in [0.15, 0.2) is 48.5 Å². The summed E-state index contributed by atoms with van der Waals surface area (Å²) in [6.45, 7) is 0. The minimum absolute atomic E-state index is 0.143. The Balaban J connectivity index is 2.40. The predicted molar refractivity (Wildman–Crippen MR) is 73.0 cm³/mol. The average Bonchev–Trinajstić information content (AvgIpc) is 2.38. The van der Waals surface area contributed by atoms with E-state index in [1.54, 1.807) is 42.5 Å². The van der Waals surface area contributed by atoms with Crippen LogP contribution in [0.1, 0.15) is 11.1 Å². The van der Waals surface area contributed by atoms with Crippen molar-refractivity contribution in [2.24, 2.45) is 0 Å². The summed E-state index contributed by atoms with van der Waals surface area (Å²) < 4.78 is 0. The first-order valence-electron chi connectivity index (χ1n) is 5.36. The highest BCUT2D eigenvalue weighted by Gasteiger charge is 2.02. The number of hydrogen-bond donors (Lipinski definition) is 1. The van der Waals surface area contributed by atoms with E-state index in [4.69, 9.17) is 16.9 Å². The molecule has 0 amide bonds. The van der Waals surface area contributed by atoms with E-state index < -0.39 is 0 Å². The number of benzene rings is 2. The second kappa shape index (κ2) is 5.39. The van der Waals surface area contributed by atoms with Gasteiger partial charge in [0, 0.05) is 5.02 Å². The Kier molecular flexibility index (Phi) is 3.66. The molecule has 2 aromatic carbocycles. The molecule has 2 nitrogen and oxygen atoms in total. The normalized spacial score (nSPS) is 11.0. The van der Waals surface area contributed by atoms with Crippen LogP contribution in [0.2, 0.25) is 5.02 Å². The van der Waals surface area contributed by atoms with Crippen molar-refractivity contribution in [1.82, 2.24) is 0 Å². The van der Waals surface area contributed by atoms with Crippen LogP contribution in [0.5, 0.6) is 5.75 Å². The molecule has 0 aliphatic carbocycles. The third-order valence-electron chi connectivity index (χ3n) is 2.46. The maximum absolute atomic E-state index is 9.41. The van der Waals surface area contributed by atoms with Gasteiger partial charge in [0.1, 0.15) is 5.75 Å². The molecular formula is C15H10ClNO. The van der Waals surface area contributed by atoms with Gasteiger partial charge in [-0.25, -0.2) is 0 Å². The smallest absolute Gasteiger partial charge is 0.116 e. The van der Waals surface area contributed by atoms with Crippen molar-refractivity contribution in [3.05, 3.63) is 64.7 Å². The lowest BCUT2D eigenvalue weighted by atomic mass is 10.0. The summed E-state index contributed by atoms with van der Waals surface area (Å²) in [6, 6.07) is 16.0. The molecule has 0 spiro atoms. The molecule has 1 N–H and O–H groups in total. The Morgan fingerprint density at radius 3 is 2.50 bits per heavy atom. The fourth-order valence-corrected chi connectivity index (χ4v) is 1.71. The predicted octanol–water partition coefficient (Wildman–Crippen LogP) is 4.11. The first-order chi connectivity index (χ1) is 8.69. The van der Waals surface area contributed by atoms with Crippen molar-refractivity contribution in [3.63, 3.8) is 0 Å². The molecule has 0 saturated heterocycles. The third kappa shape index (κ3) is 2.91. The van der Waals surface area contributed by atoms with E-state index in [1.165, 1.54) is 0 Å². The summed E-state index contributed by atoms with van der Waals surface area (Å²) in [6.07, 6.45) is 1.76. The number of aromatic hydroxyl groups is 1. The molecule has 3 heteroatoms. The lowest BCUT2D eigenvalue weighted by Crippen LogP contribution is -1.81. The maximum atomic E-state index is 9.41. The Labute approximate surface area is 110 Å². The van der Waals surface area contributed by atoms with Gasteiger partial charge in [-0.15, -0.1) is 0 Å². The van der Waals surface area contributed by atoms with Gasteiger partial charge in [0.2, 0.25) is 0 Å². The lowest BCUT2D eigenvalue weighted by molar-refractivity contribution is 0.475. The quantitative estimate of drug-likeness (QED) is 0.648. The molecule has 88 valence electrons. The van der Waals surface area contributed by atoms with Crippen LogP contribution in [-0.4, -0.2) is 5.11 Å². The first kappa shape index (κ1) is 12.2. The van der Waals surface area contributed by atoms with Gasteiger partial charge < -0.3 is 5.11 Å². The van der Waals surface area contributed by atoms with Gasteiger partial charge in [0.25, 0.3) is 0 Å². The molecule has 0 heterocycles. The molecule has 0 fully saturated rings. The van der Waals surface area contributed by atoms with Crippen LogP contribution in [0.4, 0.5) is 0 Å². The average molecular weight is 256 g/mol. The number of rotatable bonds is 2. The van der Waals surface area contributed by atoms with Crippen molar-refractivity contribution in [1.29, 1.82) is 5.26 Å². The topological polar surface area (TPSA) is 44.0 Å². The van der Waals surface area contributed by atoms with Gasteiger partial charge in [-0.05, 0) is 41.5 Å². The van der Waals surface area contributed by atoms with Crippen molar-refractivity contribution in [2.75, 3.05) is 0 Å². The molecule has 2 aromatic rings. The van der Waals surface area contributed by atoms with Gasteiger partial charge >= 0.3 is 0 Å². The molecule has 0 atom stereocenters. The standard InChI is InChI=1S/C15H10ClNO/c16-14-6-4-11(5-7-14)8-13(10-17)12-2-1-3-15(18)9-12/h1-9,18H/b13-8+. The fraction of sp³-hybridized carbons (Fsp3) is 0.